The molecular weight excluding hydrogens is 162 g/mol. The number of aromatic nitrogens is 2. The maximum Gasteiger partial charge on any atom is 0.124 e. The van der Waals surface area contributed by atoms with Gasteiger partial charge in [-0.05, 0) is 24.3 Å². The van der Waals surface area contributed by atoms with Gasteiger partial charge < -0.3 is 5.73 Å². The van der Waals surface area contributed by atoms with Crippen LogP contribution in [0.1, 0.15) is 0 Å². The molecule has 0 atom stereocenters. The van der Waals surface area contributed by atoms with Crippen LogP contribution < -0.4 is 5.73 Å². The molecule has 0 aliphatic rings. The molecule has 0 aliphatic heterocycles. The van der Waals surface area contributed by atoms with E-state index in [4.69, 9.17) is 5.73 Å². The molecule has 64 valence electrons. The van der Waals surface area contributed by atoms with E-state index >= 15 is 0 Å². The summed E-state index contributed by atoms with van der Waals surface area (Å²) in [7, 11) is 0. The Bertz CT molecular complexity index is 398. The first-order valence-corrected chi connectivity index (χ1v) is 3.99. The summed E-state index contributed by atoms with van der Waals surface area (Å²) in [6.07, 6.45) is 3.47. The first-order valence-electron chi connectivity index (χ1n) is 3.99. The average Bonchev–Trinajstić information content (AvgIpc) is 2.19. The Kier molecular flexibility index (Phi) is 1.92. The molecule has 0 spiro atoms. The van der Waals surface area contributed by atoms with Crippen molar-refractivity contribution in [3.05, 3.63) is 42.7 Å². The lowest BCUT2D eigenvalue weighted by atomic mass is 10.2. The zero-order chi connectivity index (χ0) is 9.10. The van der Waals surface area contributed by atoms with Crippen molar-refractivity contribution in [1.29, 1.82) is 0 Å². The van der Waals surface area contributed by atoms with E-state index in [1.807, 2.05) is 24.3 Å². The minimum absolute atomic E-state index is 0.536. The lowest BCUT2D eigenvalue weighted by molar-refractivity contribution is 1.29. The van der Waals surface area contributed by atoms with Crippen molar-refractivity contribution < 1.29 is 0 Å². The molecule has 2 rings (SSSR count). The standard InChI is InChI=1S/C10H9N3/c11-10-3-1-2-9(13-10)8-4-6-12-7-5-8/h1-7H,(H2,11,13). The topological polar surface area (TPSA) is 51.8 Å². The molecule has 0 aromatic carbocycles. The quantitative estimate of drug-likeness (QED) is 0.710. The third kappa shape index (κ3) is 1.64. The van der Waals surface area contributed by atoms with Crippen LogP contribution in [-0.4, -0.2) is 9.97 Å². The lowest BCUT2D eigenvalue weighted by Gasteiger charge is -1.99. The van der Waals surface area contributed by atoms with Gasteiger partial charge in [-0.25, -0.2) is 4.98 Å². The predicted molar refractivity (Wildman–Crippen MR) is 51.9 cm³/mol. The Morgan fingerprint density at radius 1 is 1.00 bits per heavy atom. The number of hydrogen-bond acceptors (Lipinski definition) is 3. The molecule has 2 aromatic heterocycles. The third-order valence-corrected chi connectivity index (χ3v) is 1.75. The molecule has 3 nitrogen and oxygen atoms in total. The number of hydrogen-bond donors (Lipinski definition) is 1. The fraction of sp³-hybridized carbons (Fsp3) is 0. The van der Waals surface area contributed by atoms with Gasteiger partial charge in [-0.15, -0.1) is 0 Å². The van der Waals surface area contributed by atoms with Gasteiger partial charge in [-0.1, -0.05) is 6.07 Å². The molecule has 0 unspecified atom stereocenters. The van der Waals surface area contributed by atoms with Gasteiger partial charge in [0.1, 0.15) is 5.82 Å². The van der Waals surface area contributed by atoms with Crippen molar-refractivity contribution in [1.82, 2.24) is 9.97 Å². The lowest BCUT2D eigenvalue weighted by Crippen LogP contribution is -1.91. The number of pyridine rings is 2. The fourth-order valence-electron chi connectivity index (χ4n) is 1.13. The molecule has 13 heavy (non-hydrogen) atoms. The molecule has 2 heterocycles. The van der Waals surface area contributed by atoms with E-state index in [2.05, 4.69) is 9.97 Å². The molecule has 0 radical (unpaired) electrons. The second-order valence-corrected chi connectivity index (χ2v) is 2.68. The summed E-state index contributed by atoms with van der Waals surface area (Å²) in [4.78, 5) is 8.13. The SMILES string of the molecule is Nc1cccc(-c2ccncc2)n1. The van der Waals surface area contributed by atoms with Crippen LogP contribution in [-0.2, 0) is 0 Å². The van der Waals surface area contributed by atoms with Gasteiger partial charge >= 0.3 is 0 Å². The number of nitrogen functional groups attached to an aromatic ring is 1. The van der Waals surface area contributed by atoms with Crippen LogP contribution >= 0.6 is 0 Å². The molecule has 2 aromatic rings. The highest BCUT2D eigenvalue weighted by Crippen LogP contribution is 2.15. The number of nitrogens with two attached hydrogens (primary N) is 1. The van der Waals surface area contributed by atoms with Gasteiger partial charge in [0.15, 0.2) is 0 Å². The minimum Gasteiger partial charge on any atom is -0.384 e. The van der Waals surface area contributed by atoms with Crippen molar-refractivity contribution in [2.45, 2.75) is 0 Å². The van der Waals surface area contributed by atoms with Crippen LogP contribution in [0.5, 0.6) is 0 Å². The molecule has 0 bridgehead atoms. The van der Waals surface area contributed by atoms with E-state index in [1.54, 1.807) is 18.5 Å². The smallest absolute Gasteiger partial charge is 0.124 e. The Hall–Kier alpha value is -1.90. The summed E-state index contributed by atoms with van der Waals surface area (Å²) >= 11 is 0. The van der Waals surface area contributed by atoms with Crippen LogP contribution in [0, 0.1) is 0 Å². The molecule has 0 fully saturated rings. The largest absolute Gasteiger partial charge is 0.384 e. The molecule has 3 heteroatoms. The Labute approximate surface area is 76.3 Å². The summed E-state index contributed by atoms with van der Waals surface area (Å²) in [6.45, 7) is 0. The van der Waals surface area contributed by atoms with E-state index < -0.39 is 0 Å². The van der Waals surface area contributed by atoms with E-state index in [1.165, 1.54) is 0 Å². The monoisotopic (exact) mass is 171 g/mol. The zero-order valence-corrected chi connectivity index (χ0v) is 7.01. The highest BCUT2D eigenvalue weighted by molar-refractivity contribution is 5.59. The van der Waals surface area contributed by atoms with Crippen LogP contribution in [0.25, 0.3) is 11.3 Å². The van der Waals surface area contributed by atoms with Crippen LogP contribution in [0.15, 0.2) is 42.7 Å². The minimum atomic E-state index is 0.536. The second-order valence-electron chi connectivity index (χ2n) is 2.68. The number of rotatable bonds is 1. The van der Waals surface area contributed by atoms with Crippen molar-refractivity contribution in [2.75, 3.05) is 5.73 Å². The van der Waals surface area contributed by atoms with Gasteiger partial charge in [-0.2, -0.15) is 0 Å². The molecule has 0 aliphatic carbocycles. The summed E-state index contributed by atoms with van der Waals surface area (Å²) in [5, 5.41) is 0. The Balaban J connectivity index is 2.48. The van der Waals surface area contributed by atoms with Gasteiger partial charge in [0.05, 0.1) is 5.69 Å². The Morgan fingerprint density at radius 2 is 1.77 bits per heavy atom. The fourth-order valence-corrected chi connectivity index (χ4v) is 1.13. The van der Waals surface area contributed by atoms with Crippen LogP contribution in [0.4, 0.5) is 5.82 Å². The molecule has 0 saturated carbocycles. The van der Waals surface area contributed by atoms with E-state index in [0.29, 0.717) is 5.82 Å². The van der Waals surface area contributed by atoms with Gasteiger partial charge in [0.2, 0.25) is 0 Å². The summed E-state index contributed by atoms with van der Waals surface area (Å²) < 4.78 is 0. The van der Waals surface area contributed by atoms with Crippen molar-refractivity contribution in [3.63, 3.8) is 0 Å². The second kappa shape index (κ2) is 3.23. The first kappa shape index (κ1) is 7.73. The molecule has 0 saturated heterocycles. The molecule has 0 amide bonds. The van der Waals surface area contributed by atoms with E-state index in [9.17, 15) is 0 Å². The van der Waals surface area contributed by atoms with Gasteiger partial charge in [-0.3, -0.25) is 4.98 Å². The third-order valence-electron chi connectivity index (χ3n) is 1.75. The zero-order valence-electron chi connectivity index (χ0n) is 7.01. The normalized spacial score (nSPS) is 9.85. The first-order chi connectivity index (χ1) is 6.36. The van der Waals surface area contributed by atoms with Crippen molar-refractivity contribution >= 4 is 5.82 Å². The summed E-state index contributed by atoms with van der Waals surface area (Å²) in [6, 6.07) is 9.39. The predicted octanol–water partition coefficient (Wildman–Crippen LogP) is 1.73. The maximum absolute atomic E-state index is 5.57. The highest BCUT2D eigenvalue weighted by atomic mass is 14.8. The maximum atomic E-state index is 5.57. The van der Waals surface area contributed by atoms with E-state index in [0.717, 1.165) is 11.3 Å². The average molecular weight is 171 g/mol. The van der Waals surface area contributed by atoms with Gasteiger partial charge in [0, 0.05) is 18.0 Å². The molecule has 2 N–H and O–H groups in total. The number of nitrogens with zero attached hydrogens (tertiary/aromatic N) is 2. The summed E-state index contributed by atoms with van der Waals surface area (Å²) in [5.74, 6) is 0.536. The van der Waals surface area contributed by atoms with Crippen molar-refractivity contribution in [2.24, 2.45) is 0 Å². The van der Waals surface area contributed by atoms with Crippen LogP contribution in [0.3, 0.4) is 0 Å². The number of anilines is 1. The summed E-state index contributed by atoms with van der Waals surface area (Å²) in [5.41, 5.74) is 7.48. The van der Waals surface area contributed by atoms with Crippen LogP contribution in [0.2, 0.25) is 0 Å². The van der Waals surface area contributed by atoms with E-state index in [-0.39, 0.29) is 0 Å². The highest BCUT2D eigenvalue weighted by Gasteiger charge is 1.97. The molecular formula is C10H9N3. The van der Waals surface area contributed by atoms with Gasteiger partial charge in [0.25, 0.3) is 0 Å². The van der Waals surface area contributed by atoms with Crippen molar-refractivity contribution in [3.8, 4) is 11.3 Å². The Morgan fingerprint density at radius 3 is 2.46 bits per heavy atom.